The summed E-state index contributed by atoms with van der Waals surface area (Å²) in [6, 6.07) is 15.1. The van der Waals surface area contributed by atoms with Gasteiger partial charge in [0.05, 0.1) is 20.8 Å². The first-order valence-electron chi connectivity index (χ1n) is 7.35. The number of methoxy groups -OCH3 is 2. The van der Waals surface area contributed by atoms with Crippen molar-refractivity contribution in [1.29, 1.82) is 0 Å². The number of para-hydroxylation sites is 1. The maximum Gasteiger partial charge on any atom is 0.331 e. The fraction of sp³-hybridized carbons (Fsp3) is 0.211. The van der Waals surface area contributed by atoms with Crippen LogP contribution in [0.15, 0.2) is 54.6 Å². The van der Waals surface area contributed by atoms with Gasteiger partial charge in [-0.3, -0.25) is 0 Å². The highest BCUT2D eigenvalue weighted by atomic mass is 16.5. The number of carbonyl (C=O) groups excluding carboxylic acids is 1. The summed E-state index contributed by atoms with van der Waals surface area (Å²) in [7, 11) is 3.22. The van der Waals surface area contributed by atoms with Gasteiger partial charge in [-0.15, -0.1) is 0 Å². The van der Waals surface area contributed by atoms with Crippen LogP contribution in [0.5, 0.6) is 11.5 Å². The van der Waals surface area contributed by atoms with Crippen LogP contribution in [-0.4, -0.2) is 26.8 Å². The van der Waals surface area contributed by atoms with Gasteiger partial charge in [0.15, 0.2) is 0 Å². The van der Waals surface area contributed by atoms with Crippen molar-refractivity contribution in [3.63, 3.8) is 0 Å². The van der Waals surface area contributed by atoms with E-state index in [9.17, 15) is 4.79 Å². The van der Waals surface area contributed by atoms with Crippen molar-refractivity contribution < 1.29 is 19.0 Å². The smallest absolute Gasteiger partial charge is 0.331 e. The van der Waals surface area contributed by atoms with E-state index in [4.69, 9.17) is 14.2 Å². The average molecular weight is 312 g/mol. The van der Waals surface area contributed by atoms with Crippen LogP contribution in [0.2, 0.25) is 0 Å². The van der Waals surface area contributed by atoms with Crippen molar-refractivity contribution in [3.8, 4) is 11.5 Å². The summed E-state index contributed by atoms with van der Waals surface area (Å²) in [5.74, 6) is 1.06. The second-order valence-electron chi connectivity index (χ2n) is 4.74. The molecule has 0 saturated heterocycles. The van der Waals surface area contributed by atoms with Crippen LogP contribution in [0.25, 0.3) is 5.57 Å². The van der Waals surface area contributed by atoms with E-state index in [1.807, 2.05) is 48.5 Å². The van der Waals surface area contributed by atoms with Crippen LogP contribution in [0.4, 0.5) is 0 Å². The van der Waals surface area contributed by atoms with Gasteiger partial charge in [-0.2, -0.15) is 0 Å². The van der Waals surface area contributed by atoms with Gasteiger partial charge in [0.25, 0.3) is 0 Å². The van der Waals surface area contributed by atoms with Gasteiger partial charge in [-0.1, -0.05) is 30.3 Å². The van der Waals surface area contributed by atoms with Crippen molar-refractivity contribution in [2.24, 2.45) is 0 Å². The van der Waals surface area contributed by atoms with E-state index in [0.29, 0.717) is 12.4 Å². The molecule has 0 aromatic heterocycles. The Morgan fingerprint density at radius 2 is 1.70 bits per heavy atom. The Morgan fingerprint density at radius 3 is 2.30 bits per heavy atom. The maximum absolute atomic E-state index is 12.0. The van der Waals surface area contributed by atoms with Gasteiger partial charge in [0, 0.05) is 11.6 Å². The van der Waals surface area contributed by atoms with Crippen LogP contribution in [0, 0.1) is 0 Å². The quantitative estimate of drug-likeness (QED) is 0.602. The molecule has 0 amide bonds. The molecular formula is C19H20O4. The summed E-state index contributed by atoms with van der Waals surface area (Å²) >= 11 is 0. The van der Waals surface area contributed by atoms with E-state index in [2.05, 4.69) is 0 Å². The van der Waals surface area contributed by atoms with Crippen LogP contribution in [0.3, 0.4) is 0 Å². The van der Waals surface area contributed by atoms with E-state index in [1.165, 1.54) is 6.08 Å². The second-order valence-corrected chi connectivity index (χ2v) is 4.74. The van der Waals surface area contributed by atoms with Gasteiger partial charge in [-0.05, 0) is 36.3 Å². The molecule has 0 bridgehead atoms. The second kappa shape index (κ2) is 8.03. The zero-order valence-electron chi connectivity index (χ0n) is 13.5. The van der Waals surface area contributed by atoms with Gasteiger partial charge in [-0.25, -0.2) is 4.79 Å². The highest BCUT2D eigenvalue weighted by molar-refractivity contribution is 5.97. The number of carbonyl (C=O) groups is 1. The number of benzene rings is 2. The lowest BCUT2D eigenvalue weighted by molar-refractivity contribution is -0.137. The van der Waals surface area contributed by atoms with Crippen LogP contribution >= 0.6 is 0 Å². The third kappa shape index (κ3) is 4.13. The monoisotopic (exact) mass is 312 g/mol. The third-order valence-corrected chi connectivity index (χ3v) is 3.35. The standard InChI is InChI=1S/C19H20O4/c1-4-23-19(20)13-17(14-9-11-15(21-2)12-10-14)16-7-5-6-8-18(16)22-3/h5-13H,4H2,1-3H3. The summed E-state index contributed by atoms with van der Waals surface area (Å²) in [6.45, 7) is 2.11. The molecule has 2 aromatic carbocycles. The zero-order valence-corrected chi connectivity index (χ0v) is 13.5. The summed E-state index contributed by atoms with van der Waals surface area (Å²) in [6.07, 6.45) is 1.49. The molecule has 4 nitrogen and oxygen atoms in total. The largest absolute Gasteiger partial charge is 0.497 e. The summed E-state index contributed by atoms with van der Waals surface area (Å²) in [5.41, 5.74) is 2.44. The Morgan fingerprint density at radius 1 is 1.00 bits per heavy atom. The Kier molecular flexibility index (Phi) is 5.80. The molecule has 0 radical (unpaired) electrons. The van der Waals surface area contributed by atoms with Crippen molar-refractivity contribution in [2.45, 2.75) is 6.92 Å². The number of hydrogen-bond acceptors (Lipinski definition) is 4. The molecule has 2 rings (SSSR count). The molecule has 0 aliphatic carbocycles. The van der Waals surface area contributed by atoms with Crippen molar-refractivity contribution in [2.75, 3.05) is 20.8 Å². The first kappa shape index (κ1) is 16.6. The molecule has 0 unspecified atom stereocenters. The van der Waals surface area contributed by atoms with Gasteiger partial charge in [0.2, 0.25) is 0 Å². The van der Waals surface area contributed by atoms with Crippen molar-refractivity contribution in [3.05, 3.63) is 65.7 Å². The molecule has 0 saturated carbocycles. The minimum absolute atomic E-state index is 0.331. The van der Waals surface area contributed by atoms with E-state index in [1.54, 1.807) is 21.1 Å². The van der Waals surface area contributed by atoms with E-state index >= 15 is 0 Å². The molecule has 23 heavy (non-hydrogen) atoms. The lowest BCUT2D eigenvalue weighted by atomic mass is 9.96. The molecule has 0 atom stereocenters. The van der Waals surface area contributed by atoms with E-state index in [-0.39, 0.29) is 5.97 Å². The molecule has 4 heteroatoms. The fourth-order valence-electron chi connectivity index (χ4n) is 2.26. The Labute approximate surface area is 136 Å². The first-order valence-corrected chi connectivity index (χ1v) is 7.35. The van der Waals surface area contributed by atoms with Gasteiger partial charge < -0.3 is 14.2 Å². The van der Waals surface area contributed by atoms with E-state index < -0.39 is 0 Å². The minimum atomic E-state index is -0.385. The summed E-state index contributed by atoms with van der Waals surface area (Å²) in [5, 5.41) is 0. The SMILES string of the molecule is CCOC(=O)C=C(c1ccc(OC)cc1)c1ccccc1OC. The van der Waals surface area contributed by atoms with Crippen molar-refractivity contribution >= 4 is 11.5 Å². The lowest BCUT2D eigenvalue weighted by Crippen LogP contribution is -2.02. The maximum atomic E-state index is 12.0. The third-order valence-electron chi connectivity index (χ3n) is 3.35. The predicted molar refractivity (Wildman–Crippen MR) is 89.7 cm³/mol. The van der Waals surface area contributed by atoms with Crippen molar-refractivity contribution in [1.82, 2.24) is 0 Å². The molecule has 0 aliphatic heterocycles. The molecule has 0 heterocycles. The average Bonchev–Trinajstić information content (AvgIpc) is 2.60. The zero-order chi connectivity index (χ0) is 16.7. The highest BCUT2D eigenvalue weighted by Gasteiger charge is 2.13. The number of hydrogen-bond donors (Lipinski definition) is 0. The molecular weight excluding hydrogens is 292 g/mol. The Bertz CT molecular complexity index is 687. The molecule has 0 fully saturated rings. The Balaban J connectivity index is 2.53. The normalized spacial score (nSPS) is 11.0. The Hall–Kier alpha value is -2.75. The summed E-state index contributed by atoms with van der Waals surface area (Å²) < 4.78 is 15.7. The first-order chi connectivity index (χ1) is 11.2. The number of esters is 1. The molecule has 0 N–H and O–H groups in total. The minimum Gasteiger partial charge on any atom is -0.497 e. The number of rotatable bonds is 6. The van der Waals surface area contributed by atoms with Gasteiger partial charge in [0.1, 0.15) is 11.5 Å². The van der Waals surface area contributed by atoms with Crippen LogP contribution in [-0.2, 0) is 9.53 Å². The molecule has 0 aliphatic rings. The topological polar surface area (TPSA) is 44.8 Å². The fourth-order valence-corrected chi connectivity index (χ4v) is 2.26. The highest BCUT2D eigenvalue weighted by Crippen LogP contribution is 2.31. The number of ether oxygens (including phenoxy) is 3. The molecule has 0 spiro atoms. The van der Waals surface area contributed by atoms with E-state index in [0.717, 1.165) is 22.4 Å². The lowest BCUT2D eigenvalue weighted by Gasteiger charge is -2.13. The molecule has 120 valence electrons. The predicted octanol–water partition coefficient (Wildman–Crippen LogP) is 3.70. The molecule has 2 aromatic rings. The van der Waals surface area contributed by atoms with Gasteiger partial charge >= 0.3 is 5.97 Å². The van der Waals surface area contributed by atoms with Crippen LogP contribution in [0.1, 0.15) is 18.1 Å². The summed E-state index contributed by atoms with van der Waals surface area (Å²) in [4.78, 5) is 12.0. The van der Waals surface area contributed by atoms with Crippen LogP contribution < -0.4 is 9.47 Å².